The SMILES string of the molecule is C=Cc1ccc[n+](CCCCS(=O)(=O)[O-])c1. The molecule has 1 aromatic rings. The molecular weight excluding hydrogens is 226 g/mol. The number of pyridine rings is 1. The van der Waals surface area contributed by atoms with Crippen LogP contribution in [-0.2, 0) is 16.7 Å². The summed E-state index contributed by atoms with van der Waals surface area (Å²) in [6.45, 7) is 4.37. The summed E-state index contributed by atoms with van der Waals surface area (Å²) >= 11 is 0. The molecule has 0 unspecified atom stereocenters. The topological polar surface area (TPSA) is 61.1 Å². The number of aromatic nitrogens is 1. The molecule has 0 radical (unpaired) electrons. The summed E-state index contributed by atoms with van der Waals surface area (Å²) in [5, 5.41) is 0. The van der Waals surface area contributed by atoms with E-state index in [0.29, 0.717) is 19.4 Å². The highest BCUT2D eigenvalue weighted by Gasteiger charge is 2.02. The zero-order valence-corrected chi connectivity index (χ0v) is 9.82. The van der Waals surface area contributed by atoms with Crippen molar-refractivity contribution in [1.82, 2.24) is 0 Å². The first-order chi connectivity index (χ1) is 7.51. The molecule has 0 bridgehead atoms. The standard InChI is InChI=1S/C11H15NO3S/c1-2-11-6-5-8-12(10-11)7-3-4-9-16(13,14)15/h2,5-6,8,10H,1,3-4,7,9H2. The monoisotopic (exact) mass is 241 g/mol. The third-order valence-corrected chi connectivity index (χ3v) is 2.97. The first-order valence-corrected chi connectivity index (χ1v) is 6.64. The van der Waals surface area contributed by atoms with E-state index >= 15 is 0 Å². The summed E-state index contributed by atoms with van der Waals surface area (Å²) in [4.78, 5) is 0. The lowest BCUT2D eigenvalue weighted by Gasteiger charge is -2.04. The average Bonchev–Trinajstić information content (AvgIpc) is 2.23. The Morgan fingerprint density at radius 1 is 1.44 bits per heavy atom. The molecule has 0 N–H and O–H groups in total. The minimum absolute atomic E-state index is 0.283. The van der Waals surface area contributed by atoms with Crippen LogP contribution in [0.2, 0.25) is 0 Å². The predicted molar refractivity (Wildman–Crippen MR) is 60.5 cm³/mol. The third-order valence-electron chi connectivity index (χ3n) is 2.18. The van der Waals surface area contributed by atoms with Crippen molar-refractivity contribution < 1.29 is 17.5 Å². The fourth-order valence-corrected chi connectivity index (χ4v) is 1.93. The normalized spacial score (nSPS) is 11.3. The number of rotatable bonds is 6. The number of aryl methyl sites for hydroxylation is 1. The van der Waals surface area contributed by atoms with Crippen LogP contribution >= 0.6 is 0 Å². The predicted octanol–water partition coefficient (Wildman–Crippen LogP) is 0.943. The van der Waals surface area contributed by atoms with Crippen LogP contribution in [0.5, 0.6) is 0 Å². The van der Waals surface area contributed by atoms with Gasteiger partial charge in [-0.2, -0.15) is 0 Å². The molecule has 88 valence electrons. The van der Waals surface area contributed by atoms with Gasteiger partial charge in [0.2, 0.25) is 0 Å². The maximum absolute atomic E-state index is 10.4. The fourth-order valence-electron chi connectivity index (χ4n) is 1.38. The molecule has 1 rings (SSSR count). The van der Waals surface area contributed by atoms with E-state index in [2.05, 4.69) is 6.58 Å². The fraction of sp³-hybridized carbons (Fsp3) is 0.364. The highest BCUT2D eigenvalue weighted by molar-refractivity contribution is 7.85. The van der Waals surface area contributed by atoms with Gasteiger partial charge in [0.25, 0.3) is 0 Å². The van der Waals surface area contributed by atoms with E-state index in [1.807, 2.05) is 29.1 Å². The van der Waals surface area contributed by atoms with E-state index in [0.717, 1.165) is 5.56 Å². The molecule has 0 fully saturated rings. The van der Waals surface area contributed by atoms with Crippen molar-refractivity contribution in [2.24, 2.45) is 0 Å². The minimum atomic E-state index is -4.07. The van der Waals surface area contributed by atoms with Gasteiger partial charge in [0, 0.05) is 23.8 Å². The zero-order valence-electron chi connectivity index (χ0n) is 9.00. The van der Waals surface area contributed by atoms with Crippen LogP contribution in [0.1, 0.15) is 18.4 Å². The lowest BCUT2D eigenvalue weighted by molar-refractivity contribution is -0.697. The third kappa shape index (κ3) is 5.04. The van der Waals surface area contributed by atoms with Gasteiger partial charge in [-0.15, -0.1) is 0 Å². The summed E-state index contributed by atoms with van der Waals surface area (Å²) in [7, 11) is -4.07. The molecule has 0 saturated carbocycles. The van der Waals surface area contributed by atoms with Gasteiger partial charge in [0.15, 0.2) is 12.4 Å². The van der Waals surface area contributed by atoms with Crippen molar-refractivity contribution >= 4 is 16.2 Å². The molecule has 0 saturated heterocycles. The lowest BCUT2D eigenvalue weighted by Crippen LogP contribution is -2.33. The van der Waals surface area contributed by atoms with E-state index in [4.69, 9.17) is 0 Å². The molecule has 0 aliphatic carbocycles. The quantitative estimate of drug-likeness (QED) is 0.423. The Bertz CT molecular complexity index is 454. The van der Waals surface area contributed by atoms with Crippen LogP contribution in [0.4, 0.5) is 0 Å². The van der Waals surface area contributed by atoms with E-state index in [-0.39, 0.29) is 5.75 Å². The Balaban J connectivity index is 2.40. The Hall–Kier alpha value is -1.20. The van der Waals surface area contributed by atoms with Gasteiger partial charge in [0.05, 0.1) is 10.1 Å². The maximum Gasteiger partial charge on any atom is 0.176 e. The molecular formula is C11H15NO3S. The second-order valence-electron chi connectivity index (χ2n) is 3.55. The van der Waals surface area contributed by atoms with Crippen LogP contribution in [0.3, 0.4) is 0 Å². The van der Waals surface area contributed by atoms with Crippen molar-refractivity contribution in [2.75, 3.05) is 5.75 Å². The summed E-state index contributed by atoms with van der Waals surface area (Å²) in [5.41, 5.74) is 1.01. The summed E-state index contributed by atoms with van der Waals surface area (Å²) < 4.78 is 33.1. The molecule has 1 aromatic heterocycles. The lowest BCUT2D eigenvalue weighted by atomic mass is 10.2. The first kappa shape index (κ1) is 12.9. The molecule has 16 heavy (non-hydrogen) atoms. The number of hydrogen-bond donors (Lipinski definition) is 0. The summed E-state index contributed by atoms with van der Waals surface area (Å²) in [6, 6.07) is 3.84. The van der Waals surface area contributed by atoms with Gasteiger partial charge in [-0.1, -0.05) is 12.7 Å². The van der Waals surface area contributed by atoms with Gasteiger partial charge in [0.1, 0.15) is 6.54 Å². The Labute approximate surface area is 96.0 Å². The molecule has 0 aliphatic rings. The van der Waals surface area contributed by atoms with Crippen LogP contribution in [0, 0.1) is 0 Å². The maximum atomic E-state index is 10.4. The van der Waals surface area contributed by atoms with Crippen LogP contribution in [-0.4, -0.2) is 18.7 Å². The molecule has 5 heteroatoms. The molecule has 0 amide bonds. The minimum Gasteiger partial charge on any atom is -0.748 e. The van der Waals surface area contributed by atoms with Crippen molar-refractivity contribution in [1.29, 1.82) is 0 Å². The second-order valence-corrected chi connectivity index (χ2v) is 5.07. The highest BCUT2D eigenvalue weighted by atomic mass is 32.2. The largest absolute Gasteiger partial charge is 0.748 e. The smallest absolute Gasteiger partial charge is 0.176 e. The number of nitrogens with zero attached hydrogens (tertiary/aromatic N) is 1. The van der Waals surface area contributed by atoms with E-state index in [9.17, 15) is 13.0 Å². The van der Waals surface area contributed by atoms with Gasteiger partial charge in [-0.3, -0.25) is 0 Å². The molecule has 0 spiro atoms. The average molecular weight is 241 g/mol. The Morgan fingerprint density at radius 3 is 2.81 bits per heavy atom. The van der Waals surface area contributed by atoms with Gasteiger partial charge >= 0.3 is 0 Å². The van der Waals surface area contributed by atoms with Gasteiger partial charge in [-0.25, -0.2) is 13.0 Å². The van der Waals surface area contributed by atoms with Crippen LogP contribution < -0.4 is 4.57 Å². The summed E-state index contributed by atoms with van der Waals surface area (Å²) in [5.74, 6) is -0.283. The Morgan fingerprint density at radius 2 is 2.19 bits per heavy atom. The summed E-state index contributed by atoms with van der Waals surface area (Å²) in [6.07, 6.45) is 6.65. The zero-order chi connectivity index (χ0) is 12.0. The van der Waals surface area contributed by atoms with Crippen molar-refractivity contribution in [3.63, 3.8) is 0 Å². The molecule has 0 aromatic carbocycles. The highest BCUT2D eigenvalue weighted by Crippen LogP contribution is 1.97. The first-order valence-electron chi connectivity index (χ1n) is 5.06. The van der Waals surface area contributed by atoms with E-state index < -0.39 is 10.1 Å². The molecule has 0 aliphatic heterocycles. The number of unbranched alkanes of at least 4 members (excludes halogenated alkanes) is 1. The van der Waals surface area contributed by atoms with Gasteiger partial charge < -0.3 is 4.55 Å². The van der Waals surface area contributed by atoms with Crippen molar-refractivity contribution in [3.8, 4) is 0 Å². The molecule has 4 nitrogen and oxygen atoms in total. The van der Waals surface area contributed by atoms with E-state index in [1.54, 1.807) is 6.08 Å². The van der Waals surface area contributed by atoms with Crippen molar-refractivity contribution in [2.45, 2.75) is 19.4 Å². The Kier molecular flexibility index (Phi) is 4.64. The van der Waals surface area contributed by atoms with E-state index in [1.165, 1.54) is 0 Å². The molecule has 1 heterocycles. The second kappa shape index (κ2) is 5.77. The van der Waals surface area contributed by atoms with Gasteiger partial charge in [-0.05, 0) is 12.5 Å². The van der Waals surface area contributed by atoms with Crippen LogP contribution in [0.15, 0.2) is 31.1 Å². The molecule has 0 atom stereocenters. The van der Waals surface area contributed by atoms with Crippen molar-refractivity contribution in [3.05, 3.63) is 36.7 Å². The number of hydrogen-bond acceptors (Lipinski definition) is 3. The van der Waals surface area contributed by atoms with Crippen LogP contribution in [0.25, 0.3) is 6.08 Å².